The van der Waals surface area contributed by atoms with Crippen molar-refractivity contribution in [3.05, 3.63) is 112 Å². The predicted molar refractivity (Wildman–Crippen MR) is 151 cm³/mol. The van der Waals surface area contributed by atoms with E-state index < -0.39 is 23.4 Å². The summed E-state index contributed by atoms with van der Waals surface area (Å²) < 4.78 is 53.4. The number of hydrogen-bond acceptors (Lipinski definition) is 5. The first-order valence-corrected chi connectivity index (χ1v) is 13.0. The quantitative estimate of drug-likeness (QED) is 0.197. The molecule has 42 heavy (non-hydrogen) atoms. The van der Waals surface area contributed by atoms with Crippen molar-refractivity contribution in [3.63, 3.8) is 0 Å². The first-order chi connectivity index (χ1) is 20.1. The van der Waals surface area contributed by atoms with Crippen molar-refractivity contribution in [1.29, 1.82) is 0 Å². The van der Waals surface area contributed by atoms with E-state index in [1.165, 1.54) is 12.1 Å². The molecule has 0 saturated heterocycles. The summed E-state index contributed by atoms with van der Waals surface area (Å²) >= 11 is 6.10. The molecule has 0 saturated carbocycles. The Morgan fingerprint density at radius 3 is 2.48 bits per heavy atom. The second-order valence-electron chi connectivity index (χ2n) is 9.27. The van der Waals surface area contributed by atoms with E-state index >= 15 is 0 Å². The Bertz CT molecular complexity index is 1790. The van der Waals surface area contributed by atoms with Crippen molar-refractivity contribution in [1.82, 2.24) is 14.8 Å². The molecule has 0 aliphatic heterocycles. The number of aromatic carboxylic acids is 1. The average molecular weight is 594 g/mol. The lowest BCUT2D eigenvalue weighted by molar-refractivity contribution is -0.143. The Morgan fingerprint density at radius 1 is 0.976 bits per heavy atom. The number of alkyl halides is 3. The molecule has 1 N–H and O–H groups in total. The maximum absolute atomic E-state index is 13.8. The van der Waals surface area contributed by atoms with Gasteiger partial charge < -0.3 is 14.6 Å². The van der Waals surface area contributed by atoms with Gasteiger partial charge in [-0.3, -0.25) is 0 Å². The SMILES string of the molecule is COc1cc(Cl)ccc1-c1ccc(COc2ccccc2-c2cccc(-n3ncc(C(=O)O)c3C(F)(F)F)n2)c(C)c1. The van der Waals surface area contributed by atoms with Gasteiger partial charge in [0.05, 0.1) is 19.0 Å². The Morgan fingerprint density at radius 2 is 1.76 bits per heavy atom. The van der Waals surface area contributed by atoms with Crippen LogP contribution in [0.2, 0.25) is 5.02 Å². The van der Waals surface area contributed by atoms with Crippen molar-refractivity contribution >= 4 is 17.6 Å². The molecule has 0 amide bonds. The van der Waals surface area contributed by atoms with Crippen LogP contribution < -0.4 is 9.47 Å². The standard InChI is InChI=1S/C31H23ClF3N3O4/c1-18-14-19(22-13-12-21(32)15-27(22)41-2)10-11-20(18)17-42-26-8-4-3-6-23(26)25-7-5-9-28(37-25)38-29(31(33,34)35)24(16-36-38)30(39)40/h3-16H,17H2,1-2H3,(H,39,40). The number of benzene rings is 3. The number of hydrogen-bond donors (Lipinski definition) is 1. The number of carboxylic acid groups (broad SMARTS) is 1. The monoisotopic (exact) mass is 593 g/mol. The van der Waals surface area contributed by atoms with E-state index in [0.717, 1.165) is 22.3 Å². The number of nitrogens with zero attached hydrogens (tertiary/aromatic N) is 3. The number of carbonyl (C=O) groups is 1. The van der Waals surface area contributed by atoms with Crippen LogP contribution in [-0.2, 0) is 12.8 Å². The minimum absolute atomic E-state index is 0.189. The summed E-state index contributed by atoms with van der Waals surface area (Å²) in [5, 5.41) is 13.5. The number of rotatable bonds is 8. The van der Waals surface area contributed by atoms with E-state index in [2.05, 4.69) is 10.1 Å². The maximum atomic E-state index is 13.8. The molecule has 7 nitrogen and oxygen atoms in total. The summed E-state index contributed by atoms with van der Waals surface area (Å²) in [5.41, 5.74) is 2.24. The molecular formula is C31H23ClF3N3O4. The van der Waals surface area contributed by atoms with Crippen molar-refractivity contribution in [2.24, 2.45) is 0 Å². The lowest BCUT2D eigenvalue weighted by Crippen LogP contribution is -2.18. The van der Waals surface area contributed by atoms with Crippen molar-refractivity contribution < 1.29 is 32.5 Å². The average Bonchev–Trinajstić information content (AvgIpc) is 3.44. The molecule has 0 fully saturated rings. The first kappa shape index (κ1) is 28.7. The highest BCUT2D eigenvalue weighted by molar-refractivity contribution is 6.30. The lowest BCUT2D eigenvalue weighted by atomic mass is 9.99. The Hall–Kier alpha value is -4.83. The molecule has 0 bridgehead atoms. The zero-order valence-corrected chi connectivity index (χ0v) is 23.1. The van der Waals surface area contributed by atoms with Gasteiger partial charge in [-0.1, -0.05) is 48.0 Å². The molecule has 0 unspecified atom stereocenters. The van der Waals surface area contributed by atoms with Crippen LogP contribution in [0.1, 0.15) is 27.2 Å². The van der Waals surface area contributed by atoms with Gasteiger partial charge in [-0.25, -0.2) is 14.5 Å². The van der Waals surface area contributed by atoms with Crippen molar-refractivity contribution in [2.75, 3.05) is 7.11 Å². The second-order valence-corrected chi connectivity index (χ2v) is 9.71. The third kappa shape index (κ3) is 5.80. The van der Waals surface area contributed by atoms with Crippen LogP contribution in [-0.4, -0.2) is 33.0 Å². The number of para-hydroxylation sites is 1. The van der Waals surface area contributed by atoms with Gasteiger partial charge >= 0.3 is 12.1 Å². The van der Waals surface area contributed by atoms with E-state index in [4.69, 9.17) is 21.1 Å². The van der Waals surface area contributed by atoms with E-state index in [-0.39, 0.29) is 12.4 Å². The molecule has 5 aromatic rings. The number of aryl methyl sites for hydroxylation is 1. The smallest absolute Gasteiger partial charge is 0.434 e. The van der Waals surface area contributed by atoms with Gasteiger partial charge in [0.25, 0.3) is 0 Å². The van der Waals surface area contributed by atoms with Gasteiger partial charge in [0.1, 0.15) is 23.7 Å². The van der Waals surface area contributed by atoms with E-state index in [0.29, 0.717) is 38.7 Å². The fraction of sp³-hybridized carbons (Fsp3) is 0.129. The van der Waals surface area contributed by atoms with Gasteiger partial charge in [0.2, 0.25) is 0 Å². The van der Waals surface area contributed by atoms with Gasteiger partial charge in [-0.05, 0) is 66.1 Å². The topological polar surface area (TPSA) is 86.5 Å². The molecule has 0 aliphatic rings. The summed E-state index contributed by atoms with van der Waals surface area (Å²) in [6.45, 7) is 2.19. The van der Waals surface area contributed by atoms with Gasteiger partial charge in [0.15, 0.2) is 11.5 Å². The van der Waals surface area contributed by atoms with E-state index in [1.807, 2.05) is 31.2 Å². The molecule has 214 valence electrons. The molecule has 2 heterocycles. The summed E-state index contributed by atoms with van der Waals surface area (Å²) in [4.78, 5) is 15.8. The maximum Gasteiger partial charge on any atom is 0.434 e. The van der Waals surface area contributed by atoms with E-state index in [9.17, 15) is 23.1 Å². The number of pyridine rings is 1. The van der Waals surface area contributed by atoms with Crippen LogP contribution in [0.3, 0.4) is 0 Å². The molecular weight excluding hydrogens is 571 g/mol. The fourth-order valence-corrected chi connectivity index (χ4v) is 4.69. The third-order valence-electron chi connectivity index (χ3n) is 6.58. The largest absolute Gasteiger partial charge is 0.496 e. The number of halogens is 4. The number of methoxy groups -OCH3 is 1. The number of aromatic nitrogens is 3. The minimum atomic E-state index is -4.96. The molecule has 2 aromatic heterocycles. The zero-order valence-electron chi connectivity index (χ0n) is 22.3. The second kappa shape index (κ2) is 11.6. The van der Waals surface area contributed by atoms with Crippen LogP contribution in [0, 0.1) is 6.92 Å². The van der Waals surface area contributed by atoms with Gasteiger partial charge in [-0.15, -0.1) is 0 Å². The molecule has 3 aromatic carbocycles. The van der Waals surface area contributed by atoms with Crippen molar-refractivity contribution in [3.8, 4) is 39.7 Å². The van der Waals surface area contributed by atoms with Gasteiger partial charge in [0, 0.05) is 16.1 Å². The molecule has 0 spiro atoms. The van der Waals surface area contributed by atoms with Crippen LogP contribution in [0.25, 0.3) is 28.2 Å². The highest BCUT2D eigenvalue weighted by Gasteiger charge is 2.41. The highest BCUT2D eigenvalue weighted by atomic mass is 35.5. The molecule has 0 radical (unpaired) electrons. The molecule has 0 aliphatic carbocycles. The third-order valence-corrected chi connectivity index (χ3v) is 6.82. The van der Waals surface area contributed by atoms with Crippen LogP contribution in [0.4, 0.5) is 13.2 Å². The Labute approximate surface area is 243 Å². The van der Waals surface area contributed by atoms with E-state index in [1.54, 1.807) is 49.6 Å². The molecule has 5 rings (SSSR count). The first-order valence-electron chi connectivity index (χ1n) is 12.6. The summed E-state index contributed by atoms with van der Waals surface area (Å²) in [5.74, 6) is -0.802. The zero-order chi connectivity index (χ0) is 30.0. The summed E-state index contributed by atoms with van der Waals surface area (Å²) in [7, 11) is 1.59. The highest BCUT2D eigenvalue weighted by Crippen LogP contribution is 2.36. The van der Waals surface area contributed by atoms with Crippen LogP contribution in [0.5, 0.6) is 11.5 Å². The van der Waals surface area contributed by atoms with Gasteiger partial charge in [-0.2, -0.15) is 18.3 Å². The predicted octanol–water partition coefficient (Wildman–Crippen LogP) is 7.87. The van der Waals surface area contributed by atoms with Crippen LogP contribution in [0.15, 0.2) is 85.1 Å². The number of carboxylic acids is 1. The summed E-state index contributed by atoms with van der Waals surface area (Å²) in [6, 6.07) is 22.9. The molecule has 11 heteroatoms. The minimum Gasteiger partial charge on any atom is -0.496 e. The Kier molecular flexibility index (Phi) is 7.91. The normalized spacial score (nSPS) is 11.4. The lowest BCUT2D eigenvalue weighted by Gasteiger charge is -2.15. The number of ether oxygens (including phenoxy) is 2. The van der Waals surface area contributed by atoms with Crippen molar-refractivity contribution in [2.45, 2.75) is 19.7 Å². The summed E-state index contributed by atoms with van der Waals surface area (Å²) in [6.07, 6.45) is -4.30. The fourth-order valence-electron chi connectivity index (χ4n) is 4.53. The van der Waals surface area contributed by atoms with Crippen LogP contribution >= 0.6 is 11.6 Å². The Balaban J connectivity index is 1.43. The molecule has 0 atom stereocenters.